The van der Waals surface area contributed by atoms with Crippen molar-refractivity contribution < 1.29 is 18.1 Å². The van der Waals surface area contributed by atoms with Crippen molar-refractivity contribution in [3.63, 3.8) is 0 Å². The number of carbonyl (C=O) groups is 1. The number of anilines is 1. The summed E-state index contributed by atoms with van der Waals surface area (Å²) < 4.78 is 26.0. The van der Waals surface area contributed by atoms with Gasteiger partial charge >= 0.3 is 0 Å². The number of carbonyl (C=O) groups excluding carboxylic acids is 1. The van der Waals surface area contributed by atoms with E-state index in [1.165, 1.54) is 43.6 Å². The van der Waals surface area contributed by atoms with Crippen LogP contribution in [0.3, 0.4) is 0 Å². The zero-order valence-corrected chi connectivity index (χ0v) is 13.2. The van der Waals surface area contributed by atoms with Gasteiger partial charge in [-0.15, -0.1) is 0 Å². The van der Waals surface area contributed by atoms with E-state index in [0.29, 0.717) is 11.3 Å². The quantitative estimate of drug-likeness (QED) is 0.435. The standard InChI is InChI=1S/C14H12N4O5S/c1-15-24(22,23)8-2-3-11-9(6-8)10(14(19)17-11)7-12-13(18(20)21)4-5-16-12/h2-7,15-16H,1H3,(H,17,19)/b10-7-. The molecule has 0 unspecified atom stereocenters. The highest BCUT2D eigenvalue weighted by Crippen LogP contribution is 2.35. The van der Waals surface area contributed by atoms with E-state index >= 15 is 0 Å². The number of aromatic nitrogens is 1. The summed E-state index contributed by atoms with van der Waals surface area (Å²) in [7, 11) is -2.39. The SMILES string of the molecule is CNS(=O)(=O)c1ccc2c(c1)/C(=C/c1[nH]ccc1[N+](=O)[O-])C(=O)N2. The third-order valence-electron chi connectivity index (χ3n) is 3.59. The monoisotopic (exact) mass is 348 g/mol. The molecule has 1 aliphatic rings. The normalized spacial score (nSPS) is 15.4. The van der Waals surface area contributed by atoms with Gasteiger partial charge in [0.2, 0.25) is 10.0 Å². The highest BCUT2D eigenvalue weighted by Gasteiger charge is 2.27. The first kappa shape index (κ1) is 15.9. The lowest BCUT2D eigenvalue weighted by atomic mass is 10.1. The fourth-order valence-electron chi connectivity index (χ4n) is 2.39. The van der Waals surface area contributed by atoms with Gasteiger partial charge in [-0.3, -0.25) is 14.9 Å². The minimum atomic E-state index is -3.68. The third kappa shape index (κ3) is 2.57. The van der Waals surface area contributed by atoms with Gasteiger partial charge in [0, 0.05) is 23.5 Å². The molecule has 3 N–H and O–H groups in total. The van der Waals surface area contributed by atoms with E-state index in [9.17, 15) is 23.3 Å². The molecule has 0 radical (unpaired) electrons. The number of amides is 1. The number of H-pyrrole nitrogens is 1. The predicted molar refractivity (Wildman–Crippen MR) is 86.6 cm³/mol. The Morgan fingerprint density at radius 1 is 1.29 bits per heavy atom. The van der Waals surface area contributed by atoms with Gasteiger partial charge in [-0.1, -0.05) is 0 Å². The third-order valence-corrected chi connectivity index (χ3v) is 5.01. The minimum Gasteiger partial charge on any atom is -0.356 e. The Morgan fingerprint density at radius 3 is 2.71 bits per heavy atom. The van der Waals surface area contributed by atoms with Crippen LogP contribution in [0.15, 0.2) is 35.4 Å². The summed E-state index contributed by atoms with van der Waals surface area (Å²) in [6.45, 7) is 0. The average molecular weight is 348 g/mol. The molecule has 1 aromatic heterocycles. The molecule has 2 aromatic rings. The van der Waals surface area contributed by atoms with Crippen LogP contribution < -0.4 is 10.0 Å². The summed E-state index contributed by atoms with van der Waals surface area (Å²) in [5, 5.41) is 13.6. The highest BCUT2D eigenvalue weighted by atomic mass is 32.2. The molecule has 9 nitrogen and oxygen atoms in total. The van der Waals surface area contributed by atoms with Crippen molar-refractivity contribution >= 4 is 39.0 Å². The van der Waals surface area contributed by atoms with Crippen molar-refractivity contribution in [1.82, 2.24) is 9.71 Å². The van der Waals surface area contributed by atoms with Crippen molar-refractivity contribution in [3.05, 3.63) is 51.8 Å². The molecule has 2 heterocycles. The Balaban J connectivity index is 2.14. The predicted octanol–water partition coefficient (Wildman–Crippen LogP) is 1.32. The number of benzene rings is 1. The Labute approximate surface area is 136 Å². The van der Waals surface area contributed by atoms with Gasteiger partial charge < -0.3 is 10.3 Å². The lowest BCUT2D eigenvalue weighted by Gasteiger charge is -2.05. The topological polar surface area (TPSA) is 134 Å². The van der Waals surface area contributed by atoms with Crippen molar-refractivity contribution in [2.45, 2.75) is 4.90 Å². The van der Waals surface area contributed by atoms with E-state index in [2.05, 4.69) is 15.0 Å². The molecular formula is C14H12N4O5S. The van der Waals surface area contributed by atoms with Crippen LogP contribution in [0.1, 0.15) is 11.3 Å². The number of nitrogens with zero attached hydrogens (tertiary/aromatic N) is 1. The first-order chi connectivity index (χ1) is 11.3. The van der Waals surface area contributed by atoms with E-state index in [1.54, 1.807) is 0 Å². The van der Waals surface area contributed by atoms with E-state index in [-0.39, 0.29) is 21.8 Å². The Bertz CT molecular complexity index is 990. The number of aromatic amines is 1. The maximum atomic E-state index is 12.1. The number of fused-ring (bicyclic) bond motifs is 1. The highest BCUT2D eigenvalue weighted by molar-refractivity contribution is 7.89. The molecule has 0 aliphatic carbocycles. The minimum absolute atomic E-state index is 0.00728. The van der Waals surface area contributed by atoms with Crippen molar-refractivity contribution in [2.24, 2.45) is 0 Å². The molecular weight excluding hydrogens is 336 g/mol. The number of sulfonamides is 1. The number of rotatable bonds is 4. The molecule has 124 valence electrons. The van der Waals surface area contributed by atoms with Crippen molar-refractivity contribution in [1.29, 1.82) is 0 Å². The first-order valence-electron chi connectivity index (χ1n) is 6.76. The number of nitro groups is 1. The fraction of sp³-hybridized carbons (Fsp3) is 0.0714. The van der Waals surface area contributed by atoms with Crippen LogP contribution in [-0.2, 0) is 14.8 Å². The van der Waals surface area contributed by atoms with Gasteiger partial charge in [-0.05, 0) is 31.3 Å². The molecule has 1 aromatic carbocycles. The lowest BCUT2D eigenvalue weighted by molar-refractivity contribution is -0.384. The summed E-state index contributed by atoms with van der Waals surface area (Å²) in [5.41, 5.74) is 0.919. The lowest BCUT2D eigenvalue weighted by Crippen LogP contribution is -2.18. The van der Waals surface area contributed by atoms with Gasteiger partial charge in [-0.2, -0.15) is 0 Å². The summed E-state index contributed by atoms with van der Waals surface area (Å²) in [6, 6.07) is 5.47. The molecule has 0 atom stereocenters. The molecule has 0 saturated carbocycles. The van der Waals surface area contributed by atoms with Gasteiger partial charge in [0.1, 0.15) is 5.69 Å². The zero-order valence-electron chi connectivity index (χ0n) is 12.4. The molecule has 1 amide bonds. The Kier molecular flexibility index (Phi) is 3.70. The maximum Gasteiger partial charge on any atom is 0.294 e. The number of nitrogens with one attached hydrogen (secondary N) is 3. The largest absolute Gasteiger partial charge is 0.356 e. The smallest absolute Gasteiger partial charge is 0.294 e. The Hall–Kier alpha value is -2.98. The number of hydrogen-bond acceptors (Lipinski definition) is 5. The van der Waals surface area contributed by atoms with Crippen LogP contribution in [0.25, 0.3) is 11.6 Å². The van der Waals surface area contributed by atoms with E-state index < -0.39 is 20.9 Å². The average Bonchev–Trinajstić information content (AvgIpc) is 3.12. The maximum absolute atomic E-state index is 12.1. The van der Waals surface area contributed by atoms with Crippen LogP contribution in [-0.4, -0.2) is 31.3 Å². The summed E-state index contributed by atoms with van der Waals surface area (Å²) in [6.07, 6.45) is 2.72. The second-order valence-corrected chi connectivity index (χ2v) is 6.85. The van der Waals surface area contributed by atoms with Gasteiger partial charge in [0.25, 0.3) is 11.6 Å². The van der Waals surface area contributed by atoms with E-state index in [1.807, 2.05) is 0 Å². The molecule has 0 spiro atoms. The van der Waals surface area contributed by atoms with Crippen LogP contribution in [0.2, 0.25) is 0 Å². The second-order valence-electron chi connectivity index (χ2n) is 4.96. The molecule has 0 bridgehead atoms. The van der Waals surface area contributed by atoms with Crippen LogP contribution in [0.4, 0.5) is 11.4 Å². The number of hydrogen-bond donors (Lipinski definition) is 3. The fourth-order valence-corrected chi connectivity index (χ4v) is 3.14. The van der Waals surface area contributed by atoms with Crippen LogP contribution in [0.5, 0.6) is 0 Å². The van der Waals surface area contributed by atoms with Crippen molar-refractivity contribution in [2.75, 3.05) is 12.4 Å². The second kappa shape index (κ2) is 5.58. The summed E-state index contributed by atoms with van der Waals surface area (Å²) in [5.74, 6) is -0.465. The molecule has 0 saturated heterocycles. The summed E-state index contributed by atoms with van der Waals surface area (Å²) >= 11 is 0. The first-order valence-corrected chi connectivity index (χ1v) is 8.24. The van der Waals surface area contributed by atoms with Crippen LogP contribution >= 0.6 is 0 Å². The van der Waals surface area contributed by atoms with E-state index in [0.717, 1.165) is 0 Å². The van der Waals surface area contributed by atoms with Crippen LogP contribution in [0, 0.1) is 10.1 Å². The van der Waals surface area contributed by atoms with Gasteiger partial charge in [0.05, 0.1) is 15.4 Å². The van der Waals surface area contributed by atoms with Gasteiger partial charge in [-0.25, -0.2) is 13.1 Å². The molecule has 10 heteroatoms. The zero-order chi connectivity index (χ0) is 17.5. The van der Waals surface area contributed by atoms with E-state index in [4.69, 9.17) is 0 Å². The molecule has 24 heavy (non-hydrogen) atoms. The van der Waals surface area contributed by atoms with Crippen molar-refractivity contribution in [3.8, 4) is 0 Å². The summed E-state index contributed by atoms with van der Waals surface area (Å²) in [4.78, 5) is 25.2. The molecule has 3 rings (SSSR count). The Morgan fingerprint density at radius 2 is 2.04 bits per heavy atom. The van der Waals surface area contributed by atoms with Gasteiger partial charge in [0.15, 0.2) is 0 Å². The molecule has 1 aliphatic heterocycles. The molecule has 0 fully saturated rings.